The molecule has 2 atom stereocenters. The molecule has 0 radical (unpaired) electrons. The van der Waals surface area contributed by atoms with Gasteiger partial charge < -0.3 is 9.14 Å². The number of imidazole rings is 1. The third-order valence-electron chi connectivity index (χ3n) is 4.05. The number of thiophene rings is 1. The van der Waals surface area contributed by atoms with Gasteiger partial charge in [0.1, 0.15) is 5.65 Å². The first-order valence-corrected chi connectivity index (χ1v) is 8.55. The lowest BCUT2D eigenvalue weighted by atomic mass is 10.1. The minimum Gasteiger partial charge on any atom is -0.368 e. The number of hydrogen-bond donors (Lipinski definition) is 0. The summed E-state index contributed by atoms with van der Waals surface area (Å²) in [6, 6.07) is 8.26. The maximum atomic E-state index is 6.10. The van der Waals surface area contributed by atoms with Crippen molar-refractivity contribution in [1.29, 1.82) is 0 Å². The standard InChI is InChI=1S/C17H19N3OS/c1-13-8-19(11-16(21-13)14-5-7-22-12-14)9-15-10-20-6-3-2-4-17(20)18-15/h2-7,10,12-13,16H,8-9,11H2,1H3/t13-,16+/m1/s1. The van der Waals surface area contributed by atoms with Crippen LogP contribution in [0, 0.1) is 0 Å². The summed E-state index contributed by atoms with van der Waals surface area (Å²) in [7, 11) is 0. The molecular formula is C17H19N3OS. The Morgan fingerprint density at radius 3 is 3.09 bits per heavy atom. The van der Waals surface area contributed by atoms with Gasteiger partial charge in [0.05, 0.1) is 17.9 Å². The third kappa shape index (κ3) is 2.79. The van der Waals surface area contributed by atoms with Crippen LogP contribution in [0.2, 0.25) is 0 Å². The maximum absolute atomic E-state index is 6.10. The summed E-state index contributed by atoms with van der Waals surface area (Å²) in [4.78, 5) is 7.14. The van der Waals surface area contributed by atoms with Gasteiger partial charge >= 0.3 is 0 Å². The van der Waals surface area contributed by atoms with E-state index in [9.17, 15) is 0 Å². The van der Waals surface area contributed by atoms with E-state index in [2.05, 4.69) is 39.2 Å². The van der Waals surface area contributed by atoms with Crippen molar-refractivity contribution in [2.24, 2.45) is 0 Å². The van der Waals surface area contributed by atoms with Gasteiger partial charge in [0.2, 0.25) is 0 Å². The lowest BCUT2D eigenvalue weighted by Gasteiger charge is -2.36. The summed E-state index contributed by atoms with van der Waals surface area (Å²) in [6.07, 6.45) is 4.58. The fourth-order valence-electron chi connectivity index (χ4n) is 3.10. The van der Waals surface area contributed by atoms with Crippen molar-refractivity contribution >= 4 is 17.0 Å². The zero-order valence-corrected chi connectivity index (χ0v) is 13.4. The molecule has 3 aromatic rings. The molecule has 0 bridgehead atoms. The molecule has 0 spiro atoms. The predicted molar refractivity (Wildman–Crippen MR) is 88.1 cm³/mol. The second-order valence-electron chi connectivity index (χ2n) is 5.88. The van der Waals surface area contributed by atoms with Crippen LogP contribution < -0.4 is 0 Å². The summed E-state index contributed by atoms with van der Waals surface area (Å²) < 4.78 is 8.18. The fraction of sp³-hybridized carbons (Fsp3) is 0.353. The Balaban J connectivity index is 1.51. The van der Waals surface area contributed by atoms with Crippen LogP contribution in [0.4, 0.5) is 0 Å². The van der Waals surface area contributed by atoms with Crippen LogP contribution in [0.3, 0.4) is 0 Å². The molecule has 114 valence electrons. The molecule has 0 aromatic carbocycles. The largest absolute Gasteiger partial charge is 0.368 e. The molecule has 0 N–H and O–H groups in total. The number of hydrogen-bond acceptors (Lipinski definition) is 4. The summed E-state index contributed by atoms with van der Waals surface area (Å²) in [5, 5.41) is 4.30. The van der Waals surface area contributed by atoms with Crippen LogP contribution >= 0.6 is 11.3 Å². The molecule has 1 aliphatic heterocycles. The van der Waals surface area contributed by atoms with Gasteiger partial charge in [-0.15, -0.1) is 0 Å². The molecule has 0 saturated carbocycles. The molecule has 5 heteroatoms. The van der Waals surface area contributed by atoms with Crippen LogP contribution in [0.25, 0.3) is 5.65 Å². The van der Waals surface area contributed by atoms with E-state index >= 15 is 0 Å². The highest BCUT2D eigenvalue weighted by molar-refractivity contribution is 7.07. The minimum absolute atomic E-state index is 0.173. The number of ether oxygens (including phenoxy) is 1. The van der Waals surface area contributed by atoms with E-state index in [1.807, 2.05) is 24.4 Å². The first kappa shape index (κ1) is 13.9. The van der Waals surface area contributed by atoms with E-state index in [0.717, 1.165) is 31.0 Å². The van der Waals surface area contributed by atoms with Crippen LogP contribution in [0.5, 0.6) is 0 Å². The number of morpholine rings is 1. The van der Waals surface area contributed by atoms with Crippen molar-refractivity contribution < 1.29 is 4.74 Å². The van der Waals surface area contributed by atoms with Crippen molar-refractivity contribution in [3.63, 3.8) is 0 Å². The molecular weight excluding hydrogens is 294 g/mol. The molecule has 1 fully saturated rings. The molecule has 1 saturated heterocycles. The third-order valence-corrected chi connectivity index (χ3v) is 4.75. The minimum atomic E-state index is 0.173. The lowest BCUT2D eigenvalue weighted by Crippen LogP contribution is -2.42. The van der Waals surface area contributed by atoms with Gasteiger partial charge in [0.25, 0.3) is 0 Å². The summed E-state index contributed by atoms with van der Waals surface area (Å²) in [5.74, 6) is 0. The molecule has 3 aromatic heterocycles. The second-order valence-corrected chi connectivity index (χ2v) is 6.66. The maximum Gasteiger partial charge on any atom is 0.137 e. The SMILES string of the molecule is C[C@@H]1CN(Cc2cn3ccccc3n2)C[C@@H](c2ccsc2)O1. The summed E-state index contributed by atoms with van der Waals surface area (Å²) in [6.45, 7) is 4.90. The van der Waals surface area contributed by atoms with Crippen molar-refractivity contribution in [3.8, 4) is 0 Å². The Hall–Kier alpha value is -1.69. The van der Waals surface area contributed by atoms with Gasteiger partial charge in [-0.1, -0.05) is 6.07 Å². The van der Waals surface area contributed by atoms with E-state index in [1.54, 1.807) is 11.3 Å². The molecule has 4 nitrogen and oxygen atoms in total. The van der Waals surface area contributed by atoms with Crippen molar-refractivity contribution in [2.75, 3.05) is 13.1 Å². The van der Waals surface area contributed by atoms with Crippen molar-refractivity contribution in [1.82, 2.24) is 14.3 Å². The number of fused-ring (bicyclic) bond motifs is 1. The lowest BCUT2D eigenvalue weighted by molar-refractivity contribution is -0.0814. The highest BCUT2D eigenvalue weighted by Gasteiger charge is 2.27. The average Bonchev–Trinajstić information content (AvgIpc) is 3.15. The normalized spacial score (nSPS) is 23.1. The molecule has 4 rings (SSSR count). The van der Waals surface area contributed by atoms with Crippen LogP contribution in [-0.4, -0.2) is 33.5 Å². The van der Waals surface area contributed by atoms with Crippen molar-refractivity contribution in [2.45, 2.75) is 25.7 Å². The molecule has 0 unspecified atom stereocenters. The Morgan fingerprint density at radius 2 is 2.27 bits per heavy atom. The average molecular weight is 313 g/mol. The Morgan fingerprint density at radius 1 is 1.32 bits per heavy atom. The Kier molecular flexibility index (Phi) is 3.70. The van der Waals surface area contributed by atoms with Gasteiger partial charge in [0, 0.05) is 32.0 Å². The van der Waals surface area contributed by atoms with E-state index in [0.29, 0.717) is 0 Å². The van der Waals surface area contributed by atoms with Gasteiger partial charge in [-0.2, -0.15) is 11.3 Å². The number of rotatable bonds is 3. The monoisotopic (exact) mass is 313 g/mol. The van der Waals surface area contributed by atoms with Gasteiger partial charge in [-0.05, 0) is 41.4 Å². The van der Waals surface area contributed by atoms with Crippen molar-refractivity contribution in [3.05, 3.63) is 58.7 Å². The van der Waals surface area contributed by atoms with Gasteiger partial charge in [-0.25, -0.2) is 4.98 Å². The van der Waals surface area contributed by atoms with Crippen LogP contribution in [0.1, 0.15) is 24.3 Å². The first-order chi connectivity index (χ1) is 10.8. The van der Waals surface area contributed by atoms with Crippen LogP contribution in [-0.2, 0) is 11.3 Å². The van der Waals surface area contributed by atoms with E-state index < -0.39 is 0 Å². The zero-order valence-electron chi connectivity index (χ0n) is 12.6. The van der Waals surface area contributed by atoms with Gasteiger partial charge in [-0.3, -0.25) is 4.90 Å². The highest BCUT2D eigenvalue weighted by Crippen LogP contribution is 2.27. The topological polar surface area (TPSA) is 29.8 Å². The number of pyridine rings is 1. The van der Waals surface area contributed by atoms with E-state index in [-0.39, 0.29) is 12.2 Å². The predicted octanol–water partition coefficient (Wildman–Crippen LogP) is 3.36. The number of aromatic nitrogens is 2. The quantitative estimate of drug-likeness (QED) is 0.742. The van der Waals surface area contributed by atoms with Gasteiger partial charge in [0.15, 0.2) is 0 Å². The second kappa shape index (κ2) is 5.83. The van der Waals surface area contributed by atoms with E-state index in [4.69, 9.17) is 9.72 Å². The molecule has 4 heterocycles. The zero-order chi connectivity index (χ0) is 14.9. The van der Waals surface area contributed by atoms with Crippen LogP contribution in [0.15, 0.2) is 47.4 Å². The molecule has 0 aliphatic carbocycles. The first-order valence-electron chi connectivity index (χ1n) is 7.60. The summed E-state index contributed by atoms with van der Waals surface area (Å²) >= 11 is 1.73. The molecule has 0 amide bonds. The summed E-state index contributed by atoms with van der Waals surface area (Å²) in [5.41, 5.74) is 3.41. The smallest absolute Gasteiger partial charge is 0.137 e. The Labute approximate surface area is 134 Å². The fourth-order valence-corrected chi connectivity index (χ4v) is 3.80. The van der Waals surface area contributed by atoms with E-state index in [1.165, 1.54) is 5.56 Å². The Bertz CT molecular complexity index is 719. The molecule has 22 heavy (non-hydrogen) atoms. The number of nitrogens with zero attached hydrogens (tertiary/aromatic N) is 3. The highest BCUT2D eigenvalue weighted by atomic mass is 32.1. The molecule has 1 aliphatic rings.